The van der Waals surface area contributed by atoms with Crippen LogP contribution in [-0.2, 0) is 4.74 Å². The van der Waals surface area contributed by atoms with Crippen LogP contribution in [0.1, 0.15) is 39.3 Å². The zero-order valence-corrected chi connectivity index (χ0v) is 18.1. The second kappa shape index (κ2) is 8.34. The molecule has 1 aliphatic rings. The maximum Gasteiger partial charge on any atom is 0.410 e. The standard InChI is InChI=1S/C18H26BrN7O2/c1-11-9-14(25-24-11)22-16-20-10-13(19)15(23-16)21-12-5-7-26(8-6-12)17(27)28-18(2,3)4/h9-10,12H,5-8H2,1-4H3,(H3,20,21,22,23,24,25). The summed E-state index contributed by atoms with van der Waals surface area (Å²) in [5, 5.41) is 13.5. The fourth-order valence-electron chi connectivity index (χ4n) is 2.85. The zero-order chi connectivity index (χ0) is 20.3. The van der Waals surface area contributed by atoms with Crippen molar-refractivity contribution in [1.29, 1.82) is 0 Å². The third-order valence-corrected chi connectivity index (χ3v) is 4.76. The Hall–Kier alpha value is -2.36. The molecule has 1 fully saturated rings. The summed E-state index contributed by atoms with van der Waals surface area (Å²) in [7, 11) is 0. The van der Waals surface area contributed by atoms with Gasteiger partial charge >= 0.3 is 6.09 Å². The normalized spacial score (nSPS) is 15.4. The summed E-state index contributed by atoms with van der Waals surface area (Å²) in [5.74, 6) is 1.83. The Balaban J connectivity index is 1.57. The Morgan fingerprint density at radius 1 is 1.36 bits per heavy atom. The summed E-state index contributed by atoms with van der Waals surface area (Å²) in [6, 6.07) is 2.09. The molecule has 3 heterocycles. The molecule has 0 unspecified atom stereocenters. The molecule has 0 bridgehead atoms. The maximum atomic E-state index is 12.2. The van der Waals surface area contributed by atoms with Gasteiger partial charge in [0, 0.05) is 37.1 Å². The second-order valence-corrected chi connectivity index (χ2v) is 8.69. The maximum absolute atomic E-state index is 12.2. The molecule has 2 aromatic heterocycles. The van der Waals surface area contributed by atoms with Crippen LogP contribution in [0.15, 0.2) is 16.7 Å². The SMILES string of the molecule is Cc1cc(Nc2ncc(Br)c(NC3CCN(C(=O)OC(C)(C)C)CC3)n2)n[nH]1. The van der Waals surface area contributed by atoms with Crippen molar-refractivity contribution in [3.8, 4) is 0 Å². The van der Waals surface area contributed by atoms with Crippen molar-refractivity contribution >= 4 is 39.6 Å². The molecule has 3 N–H and O–H groups in total. The summed E-state index contributed by atoms with van der Waals surface area (Å²) in [6.07, 6.45) is 3.08. The van der Waals surface area contributed by atoms with Gasteiger partial charge in [-0.25, -0.2) is 9.78 Å². The van der Waals surface area contributed by atoms with E-state index in [0.29, 0.717) is 30.7 Å². The van der Waals surface area contributed by atoms with Gasteiger partial charge in [-0.05, 0) is 56.5 Å². The smallest absolute Gasteiger partial charge is 0.410 e. The van der Waals surface area contributed by atoms with Gasteiger partial charge in [0.2, 0.25) is 5.95 Å². The van der Waals surface area contributed by atoms with Crippen LogP contribution in [0, 0.1) is 6.92 Å². The van der Waals surface area contributed by atoms with E-state index in [1.54, 1.807) is 11.1 Å². The van der Waals surface area contributed by atoms with Crippen molar-refractivity contribution in [2.45, 2.75) is 52.2 Å². The molecule has 152 valence electrons. The molecule has 0 aromatic carbocycles. The zero-order valence-electron chi connectivity index (χ0n) is 16.5. The Labute approximate surface area is 172 Å². The highest BCUT2D eigenvalue weighted by atomic mass is 79.9. The van der Waals surface area contributed by atoms with Crippen molar-refractivity contribution in [1.82, 2.24) is 25.1 Å². The van der Waals surface area contributed by atoms with E-state index in [2.05, 4.69) is 46.7 Å². The number of aryl methyl sites for hydroxylation is 1. The number of aromatic amines is 1. The largest absolute Gasteiger partial charge is 0.444 e. The van der Waals surface area contributed by atoms with Gasteiger partial charge in [-0.15, -0.1) is 0 Å². The molecule has 1 amide bonds. The van der Waals surface area contributed by atoms with E-state index in [9.17, 15) is 4.79 Å². The van der Waals surface area contributed by atoms with Crippen LogP contribution < -0.4 is 10.6 Å². The van der Waals surface area contributed by atoms with Crippen molar-refractivity contribution in [3.63, 3.8) is 0 Å². The number of nitrogens with one attached hydrogen (secondary N) is 3. The molecule has 1 aliphatic heterocycles. The quantitative estimate of drug-likeness (QED) is 0.647. The average Bonchev–Trinajstić information content (AvgIpc) is 3.02. The van der Waals surface area contributed by atoms with E-state index >= 15 is 0 Å². The highest BCUT2D eigenvalue weighted by Crippen LogP contribution is 2.25. The van der Waals surface area contributed by atoms with Crippen molar-refractivity contribution in [3.05, 3.63) is 22.4 Å². The van der Waals surface area contributed by atoms with E-state index in [0.717, 1.165) is 23.0 Å². The summed E-state index contributed by atoms with van der Waals surface area (Å²) in [5.41, 5.74) is 0.476. The fraction of sp³-hybridized carbons (Fsp3) is 0.556. The topological polar surface area (TPSA) is 108 Å². The second-order valence-electron chi connectivity index (χ2n) is 7.84. The number of ether oxygens (including phenoxy) is 1. The molecule has 0 spiro atoms. The van der Waals surface area contributed by atoms with Crippen molar-refractivity contribution in [2.75, 3.05) is 23.7 Å². The van der Waals surface area contributed by atoms with Crippen LogP contribution in [0.4, 0.5) is 22.4 Å². The van der Waals surface area contributed by atoms with E-state index in [4.69, 9.17) is 4.74 Å². The number of amides is 1. The van der Waals surface area contributed by atoms with Gasteiger partial charge in [0.1, 0.15) is 11.4 Å². The minimum atomic E-state index is -0.478. The van der Waals surface area contributed by atoms with Crippen LogP contribution in [0.3, 0.4) is 0 Å². The lowest BCUT2D eigenvalue weighted by Crippen LogP contribution is -2.44. The number of anilines is 3. The highest BCUT2D eigenvalue weighted by Gasteiger charge is 2.27. The number of H-pyrrole nitrogens is 1. The minimum absolute atomic E-state index is 0.213. The molecule has 0 aliphatic carbocycles. The number of hydrogen-bond acceptors (Lipinski definition) is 7. The molecule has 0 atom stereocenters. The molecule has 0 saturated carbocycles. The minimum Gasteiger partial charge on any atom is -0.444 e. The number of carbonyl (C=O) groups is 1. The Kier molecular flexibility index (Phi) is 6.07. The summed E-state index contributed by atoms with van der Waals surface area (Å²) < 4.78 is 6.23. The fourth-order valence-corrected chi connectivity index (χ4v) is 3.16. The Morgan fingerprint density at radius 3 is 2.68 bits per heavy atom. The molecule has 1 saturated heterocycles. The van der Waals surface area contributed by atoms with Gasteiger partial charge in [-0.2, -0.15) is 10.1 Å². The molecule has 2 aromatic rings. The van der Waals surface area contributed by atoms with Crippen LogP contribution in [0.2, 0.25) is 0 Å². The predicted molar refractivity (Wildman–Crippen MR) is 111 cm³/mol. The number of rotatable bonds is 4. The van der Waals surface area contributed by atoms with E-state index in [1.165, 1.54) is 0 Å². The summed E-state index contributed by atoms with van der Waals surface area (Å²) in [4.78, 5) is 22.8. The lowest BCUT2D eigenvalue weighted by Gasteiger charge is -2.34. The van der Waals surface area contributed by atoms with E-state index < -0.39 is 5.60 Å². The van der Waals surface area contributed by atoms with Gasteiger partial charge in [-0.1, -0.05) is 0 Å². The van der Waals surface area contributed by atoms with E-state index in [1.807, 2.05) is 33.8 Å². The lowest BCUT2D eigenvalue weighted by atomic mass is 10.1. The summed E-state index contributed by atoms with van der Waals surface area (Å²) in [6.45, 7) is 8.85. The van der Waals surface area contributed by atoms with Crippen LogP contribution >= 0.6 is 15.9 Å². The summed E-state index contributed by atoms with van der Waals surface area (Å²) >= 11 is 3.49. The van der Waals surface area contributed by atoms with Gasteiger partial charge in [0.25, 0.3) is 0 Å². The lowest BCUT2D eigenvalue weighted by molar-refractivity contribution is 0.0210. The van der Waals surface area contributed by atoms with Gasteiger partial charge in [0.05, 0.1) is 4.47 Å². The number of hydrogen-bond donors (Lipinski definition) is 3. The third-order valence-electron chi connectivity index (χ3n) is 4.18. The number of nitrogens with zero attached hydrogens (tertiary/aromatic N) is 4. The van der Waals surface area contributed by atoms with Crippen LogP contribution in [-0.4, -0.2) is 55.9 Å². The first-order valence-corrected chi connectivity index (χ1v) is 10.0. The first-order valence-electron chi connectivity index (χ1n) is 9.25. The van der Waals surface area contributed by atoms with Gasteiger partial charge < -0.3 is 20.3 Å². The number of halogens is 1. The molecule has 0 radical (unpaired) electrons. The highest BCUT2D eigenvalue weighted by molar-refractivity contribution is 9.10. The van der Waals surface area contributed by atoms with Crippen LogP contribution in [0.5, 0.6) is 0 Å². The van der Waals surface area contributed by atoms with Crippen LogP contribution in [0.25, 0.3) is 0 Å². The number of carbonyl (C=O) groups excluding carboxylic acids is 1. The van der Waals surface area contributed by atoms with E-state index in [-0.39, 0.29) is 12.1 Å². The van der Waals surface area contributed by atoms with Gasteiger partial charge in [0.15, 0.2) is 5.82 Å². The molecular weight excluding hydrogens is 426 g/mol. The van der Waals surface area contributed by atoms with Gasteiger partial charge in [-0.3, -0.25) is 5.10 Å². The van der Waals surface area contributed by atoms with Crippen molar-refractivity contribution < 1.29 is 9.53 Å². The Morgan fingerprint density at radius 2 is 2.07 bits per heavy atom. The molecular formula is C18H26BrN7O2. The van der Waals surface area contributed by atoms with Crippen molar-refractivity contribution in [2.24, 2.45) is 0 Å². The first kappa shape index (κ1) is 20.4. The molecule has 10 heteroatoms. The number of piperidine rings is 1. The average molecular weight is 452 g/mol. The Bertz CT molecular complexity index is 826. The third kappa shape index (κ3) is 5.57. The first-order chi connectivity index (χ1) is 13.2. The molecule has 9 nitrogen and oxygen atoms in total. The predicted octanol–water partition coefficient (Wildman–Crippen LogP) is 3.83. The monoisotopic (exact) mass is 451 g/mol. The molecule has 28 heavy (non-hydrogen) atoms. The number of likely N-dealkylation sites (tertiary alicyclic amines) is 1. The number of aromatic nitrogens is 4. The molecule has 3 rings (SSSR count).